The second-order valence-electron chi connectivity index (χ2n) is 6.64. The lowest BCUT2D eigenvalue weighted by Gasteiger charge is -2.20. The number of carbonyl (C=O) groups is 2. The normalized spacial score (nSPS) is 19.1. The average Bonchev–Trinajstić information content (AvgIpc) is 3.09. The number of hydrogen-bond acceptors (Lipinski definition) is 3. The predicted molar refractivity (Wildman–Crippen MR) is 94.7 cm³/mol. The smallest absolute Gasteiger partial charge is 0.262 e. The van der Waals surface area contributed by atoms with Crippen molar-refractivity contribution in [2.75, 3.05) is 25.0 Å². The van der Waals surface area contributed by atoms with Gasteiger partial charge in [0.15, 0.2) is 6.61 Å². The first-order valence-electron chi connectivity index (χ1n) is 8.59. The molecule has 0 spiro atoms. The van der Waals surface area contributed by atoms with Crippen LogP contribution in [-0.4, -0.2) is 36.4 Å². The third-order valence-corrected chi connectivity index (χ3v) is 4.80. The van der Waals surface area contributed by atoms with Crippen LogP contribution in [0.3, 0.4) is 0 Å². The molecular formula is C20H20N2O3. The van der Waals surface area contributed by atoms with Gasteiger partial charge in [0, 0.05) is 18.7 Å². The number of rotatable bonds is 3. The molecule has 0 aromatic heterocycles. The van der Waals surface area contributed by atoms with Gasteiger partial charge in [-0.2, -0.15) is 0 Å². The van der Waals surface area contributed by atoms with E-state index in [9.17, 15) is 9.59 Å². The molecule has 0 aliphatic carbocycles. The largest absolute Gasteiger partial charge is 0.482 e. The van der Waals surface area contributed by atoms with E-state index in [4.69, 9.17) is 4.74 Å². The first kappa shape index (κ1) is 15.7. The minimum absolute atomic E-state index is 0.0122. The standard InChI is InChI=1S/C20H20N2O3/c23-19-13-25-18-7-6-16(11-17(18)21-19)20(24)22-9-8-15(12-22)10-14-4-2-1-3-5-14/h1-7,11,15H,8-10,12-13H2,(H,21,23). The van der Waals surface area contributed by atoms with Gasteiger partial charge < -0.3 is 15.0 Å². The van der Waals surface area contributed by atoms with E-state index in [0.29, 0.717) is 22.9 Å². The lowest BCUT2D eigenvalue weighted by molar-refractivity contribution is -0.118. The zero-order valence-corrected chi connectivity index (χ0v) is 13.9. The maximum absolute atomic E-state index is 12.8. The molecule has 1 atom stereocenters. The van der Waals surface area contributed by atoms with E-state index in [2.05, 4.69) is 29.6 Å². The van der Waals surface area contributed by atoms with Crippen LogP contribution in [0.2, 0.25) is 0 Å². The first-order valence-corrected chi connectivity index (χ1v) is 8.59. The van der Waals surface area contributed by atoms with Gasteiger partial charge in [-0.3, -0.25) is 9.59 Å². The summed E-state index contributed by atoms with van der Waals surface area (Å²) in [7, 11) is 0. The average molecular weight is 336 g/mol. The number of nitrogens with one attached hydrogen (secondary N) is 1. The molecule has 1 fully saturated rings. The Hall–Kier alpha value is -2.82. The number of amides is 2. The Morgan fingerprint density at radius 3 is 2.88 bits per heavy atom. The molecule has 0 radical (unpaired) electrons. The number of ether oxygens (including phenoxy) is 1. The van der Waals surface area contributed by atoms with E-state index in [1.165, 1.54) is 5.56 Å². The fraction of sp³-hybridized carbons (Fsp3) is 0.300. The quantitative estimate of drug-likeness (QED) is 0.937. The number of fused-ring (bicyclic) bond motifs is 1. The van der Waals surface area contributed by atoms with E-state index in [-0.39, 0.29) is 18.4 Å². The molecule has 4 rings (SSSR count). The lowest BCUT2D eigenvalue weighted by Crippen LogP contribution is -2.30. The summed E-state index contributed by atoms with van der Waals surface area (Å²) in [5.41, 5.74) is 2.47. The highest BCUT2D eigenvalue weighted by atomic mass is 16.5. The second kappa shape index (κ2) is 6.59. The van der Waals surface area contributed by atoms with Crippen LogP contribution in [0.5, 0.6) is 5.75 Å². The zero-order valence-electron chi connectivity index (χ0n) is 13.9. The van der Waals surface area contributed by atoms with Crippen LogP contribution in [-0.2, 0) is 11.2 Å². The Labute approximate surface area is 146 Å². The number of benzene rings is 2. The van der Waals surface area contributed by atoms with Crippen LogP contribution in [0.15, 0.2) is 48.5 Å². The zero-order chi connectivity index (χ0) is 17.2. The Bertz CT molecular complexity index is 804. The van der Waals surface area contributed by atoms with Crippen molar-refractivity contribution in [3.63, 3.8) is 0 Å². The van der Waals surface area contributed by atoms with Crippen molar-refractivity contribution < 1.29 is 14.3 Å². The molecule has 5 nitrogen and oxygen atoms in total. The Balaban J connectivity index is 1.43. The van der Waals surface area contributed by atoms with Crippen LogP contribution < -0.4 is 10.1 Å². The third kappa shape index (κ3) is 3.36. The minimum atomic E-state index is -0.193. The number of hydrogen-bond donors (Lipinski definition) is 1. The van der Waals surface area contributed by atoms with Crippen molar-refractivity contribution in [2.24, 2.45) is 5.92 Å². The lowest BCUT2D eigenvalue weighted by atomic mass is 9.99. The summed E-state index contributed by atoms with van der Waals surface area (Å²) < 4.78 is 5.34. The molecule has 1 saturated heterocycles. The molecule has 2 aromatic carbocycles. The third-order valence-electron chi connectivity index (χ3n) is 4.80. The van der Waals surface area contributed by atoms with Gasteiger partial charge >= 0.3 is 0 Å². The summed E-state index contributed by atoms with van der Waals surface area (Å²) in [4.78, 5) is 26.1. The highest BCUT2D eigenvalue weighted by Crippen LogP contribution is 2.30. The van der Waals surface area contributed by atoms with E-state index in [1.54, 1.807) is 18.2 Å². The van der Waals surface area contributed by atoms with Gasteiger partial charge in [-0.25, -0.2) is 0 Å². The summed E-state index contributed by atoms with van der Waals surface area (Å²) in [6.07, 6.45) is 2.02. The number of carbonyl (C=O) groups excluding carboxylic acids is 2. The SMILES string of the molecule is O=C1COc2ccc(C(=O)N3CCC(Cc4ccccc4)C3)cc2N1. The van der Waals surface area contributed by atoms with Crippen LogP contribution >= 0.6 is 0 Å². The van der Waals surface area contributed by atoms with Crippen molar-refractivity contribution in [1.29, 1.82) is 0 Å². The summed E-state index contributed by atoms with van der Waals surface area (Å²) >= 11 is 0. The van der Waals surface area contributed by atoms with Crippen LogP contribution in [0.1, 0.15) is 22.3 Å². The van der Waals surface area contributed by atoms with E-state index in [0.717, 1.165) is 25.9 Å². The number of likely N-dealkylation sites (tertiary alicyclic amines) is 1. The second-order valence-corrected chi connectivity index (χ2v) is 6.64. The molecule has 2 amide bonds. The fourth-order valence-corrected chi connectivity index (χ4v) is 3.53. The maximum Gasteiger partial charge on any atom is 0.262 e. The van der Waals surface area contributed by atoms with Crippen LogP contribution in [0.25, 0.3) is 0 Å². The van der Waals surface area contributed by atoms with Crippen molar-refractivity contribution in [3.8, 4) is 5.75 Å². The molecule has 2 heterocycles. The fourth-order valence-electron chi connectivity index (χ4n) is 3.53. The topological polar surface area (TPSA) is 58.6 Å². The van der Waals surface area contributed by atoms with Gasteiger partial charge in [-0.15, -0.1) is 0 Å². The van der Waals surface area contributed by atoms with Gasteiger partial charge in [0.05, 0.1) is 5.69 Å². The minimum Gasteiger partial charge on any atom is -0.482 e. The Morgan fingerprint density at radius 2 is 2.04 bits per heavy atom. The summed E-state index contributed by atoms with van der Waals surface area (Å²) in [6.45, 7) is 1.57. The first-order chi connectivity index (χ1) is 12.2. The molecule has 5 heteroatoms. The highest BCUT2D eigenvalue weighted by molar-refractivity contribution is 5.99. The van der Waals surface area contributed by atoms with Gasteiger partial charge in [0.2, 0.25) is 0 Å². The molecule has 0 saturated carbocycles. The molecule has 128 valence electrons. The molecule has 0 bridgehead atoms. The summed E-state index contributed by atoms with van der Waals surface area (Å²) in [5, 5.41) is 2.75. The van der Waals surface area contributed by atoms with Crippen LogP contribution in [0.4, 0.5) is 5.69 Å². The van der Waals surface area contributed by atoms with Gasteiger partial charge in [0.25, 0.3) is 11.8 Å². The van der Waals surface area contributed by atoms with E-state index < -0.39 is 0 Å². The molecule has 2 aliphatic heterocycles. The van der Waals surface area contributed by atoms with Crippen molar-refractivity contribution >= 4 is 17.5 Å². The summed E-state index contributed by atoms with van der Waals surface area (Å²) in [6, 6.07) is 15.6. The Morgan fingerprint density at radius 1 is 1.20 bits per heavy atom. The predicted octanol–water partition coefficient (Wildman–Crippen LogP) is 2.72. The summed E-state index contributed by atoms with van der Waals surface area (Å²) in [5.74, 6) is 0.922. The van der Waals surface area contributed by atoms with E-state index in [1.807, 2.05) is 11.0 Å². The van der Waals surface area contributed by atoms with Crippen molar-refractivity contribution in [3.05, 3.63) is 59.7 Å². The Kier molecular flexibility index (Phi) is 4.14. The molecule has 2 aromatic rings. The van der Waals surface area contributed by atoms with Gasteiger partial charge in [0.1, 0.15) is 5.75 Å². The molecule has 1 unspecified atom stereocenters. The number of nitrogens with zero attached hydrogens (tertiary/aromatic N) is 1. The van der Waals surface area contributed by atoms with Crippen molar-refractivity contribution in [2.45, 2.75) is 12.8 Å². The molecule has 1 N–H and O–H groups in total. The molecule has 2 aliphatic rings. The molecular weight excluding hydrogens is 316 g/mol. The van der Waals surface area contributed by atoms with Gasteiger partial charge in [-0.1, -0.05) is 30.3 Å². The number of anilines is 1. The van der Waals surface area contributed by atoms with Crippen LogP contribution in [0, 0.1) is 5.92 Å². The molecule has 25 heavy (non-hydrogen) atoms. The highest BCUT2D eigenvalue weighted by Gasteiger charge is 2.28. The van der Waals surface area contributed by atoms with Crippen molar-refractivity contribution in [1.82, 2.24) is 4.90 Å². The van der Waals surface area contributed by atoms with E-state index >= 15 is 0 Å². The van der Waals surface area contributed by atoms with Gasteiger partial charge in [-0.05, 0) is 42.5 Å². The maximum atomic E-state index is 12.8. The monoisotopic (exact) mass is 336 g/mol.